The molecule has 3 fully saturated rings. The third-order valence-electron chi connectivity index (χ3n) is 5.89. The van der Waals surface area contributed by atoms with Gasteiger partial charge in [0.1, 0.15) is 0 Å². The second-order valence-electron chi connectivity index (χ2n) is 7.61. The highest BCUT2D eigenvalue weighted by atomic mass is 16.5. The molecule has 0 radical (unpaired) electrons. The zero-order chi connectivity index (χ0) is 18.0. The van der Waals surface area contributed by atoms with Gasteiger partial charge in [-0.2, -0.15) is 5.10 Å². The average molecular weight is 351 g/mol. The van der Waals surface area contributed by atoms with Crippen LogP contribution in [-0.4, -0.2) is 33.8 Å². The van der Waals surface area contributed by atoms with Gasteiger partial charge in [-0.1, -0.05) is 12.1 Å². The zero-order valence-corrected chi connectivity index (χ0v) is 14.9. The van der Waals surface area contributed by atoms with Crippen molar-refractivity contribution in [2.45, 2.75) is 45.4 Å². The summed E-state index contributed by atoms with van der Waals surface area (Å²) >= 11 is 0. The molecule has 6 heteroatoms. The maximum atomic E-state index is 12.9. The Balaban J connectivity index is 1.45. The fraction of sp³-hybridized carbons (Fsp3) is 0.450. The second kappa shape index (κ2) is 5.51. The Morgan fingerprint density at radius 1 is 1.08 bits per heavy atom. The Labute approximate surface area is 151 Å². The van der Waals surface area contributed by atoms with Gasteiger partial charge in [0.2, 0.25) is 11.8 Å². The number of carbonyl (C=O) groups excluding carboxylic acids is 2. The first-order valence-electron chi connectivity index (χ1n) is 9.16. The maximum absolute atomic E-state index is 12.9. The van der Waals surface area contributed by atoms with Crippen LogP contribution in [-0.2, 0) is 20.9 Å². The SMILES string of the molecule is Cc1cc(C)n(Cc2cccc(N3C(=O)[C@H]4[C@H](C3=O)[C@H]3CC[C@H]4O3)c2)n1. The molecule has 2 aromatic rings. The van der Waals surface area contributed by atoms with Crippen molar-refractivity contribution in [2.75, 3.05) is 4.90 Å². The summed E-state index contributed by atoms with van der Waals surface area (Å²) in [7, 11) is 0. The van der Waals surface area contributed by atoms with Gasteiger partial charge < -0.3 is 4.74 Å². The number of fused-ring (bicyclic) bond motifs is 5. The van der Waals surface area contributed by atoms with Gasteiger partial charge in [0.25, 0.3) is 0 Å². The number of aryl methyl sites for hydroxylation is 2. The predicted octanol–water partition coefficient (Wildman–Crippen LogP) is 2.22. The van der Waals surface area contributed by atoms with Gasteiger partial charge in [0.05, 0.1) is 42.0 Å². The van der Waals surface area contributed by atoms with Crippen LogP contribution in [0.2, 0.25) is 0 Å². The molecule has 1 aromatic heterocycles. The molecule has 0 saturated carbocycles. The summed E-state index contributed by atoms with van der Waals surface area (Å²) in [5.41, 5.74) is 3.75. The van der Waals surface area contributed by atoms with Crippen LogP contribution in [0.3, 0.4) is 0 Å². The Bertz CT molecular complexity index is 891. The first kappa shape index (κ1) is 15.8. The molecule has 4 atom stereocenters. The fourth-order valence-electron chi connectivity index (χ4n) is 4.77. The van der Waals surface area contributed by atoms with Gasteiger partial charge in [-0.05, 0) is 50.5 Å². The number of rotatable bonds is 3. The van der Waals surface area contributed by atoms with Crippen molar-refractivity contribution >= 4 is 17.5 Å². The summed E-state index contributed by atoms with van der Waals surface area (Å²) in [6.45, 7) is 4.61. The molecule has 3 aliphatic rings. The summed E-state index contributed by atoms with van der Waals surface area (Å²) < 4.78 is 7.74. The molecule has 134 valence electrons. The van der Waals surface area contributed by atoms with Crippen molar-refractivity contribution in [1.29, 1.82) is 0 Å². The van der Waals surface area contributed by atoms with Crippen molar-refractivity contribution in [2.24, 2.45) is 11.8 Å². The molecule has 0 N–H and O–H groups in total. The highest BCUT2D eigenvalue weighted by Crippen LogP contribution is 2.49. The molecule has 3 aliphatic heterocycles. The minimum atomic E-state index is -0.291. The van der Waals surface area contributed by atoms with Crippen LogP contribution in [0, 0.1) is 25.7 Å². The van der Waals surface area contributed by atoms with Gasteiger partial charge in [-0.25, -0.2) is 4.90 Å². The lowest BCUT2D eigenvalue weighted by Gasteiger charge is -2.18. The normalized spacial score (nSPS) is 29.7. The third-order valence-corrected chi connectivity index (χ3v) is 5.89. The minimum Gasteiger partial charge on any atom is -0.373 e. The summed E-state index contributed by atoms with van der Waals surface area (Å²) in [5, 5.41) is 4.49. The number of carbonyl (C=O) groups is 2. The molecule has 6 nitrogen and oxygen atoms in total. The van der Waals surface area contributed by atoms with Crippen LogP contribution in [0.1, 0.15) is 29.8 Å². The monoisotopic (exact) mass is 351 g/mol. The van der Waals surface area contributed by atoms with E-state index in [9.17, 15) is 9.59 Å². The highest BCUT2D eigenvalue weighted by Gasteiger charge is 2.62. The summed E-state index contributed by atoms with van der Waals surface area (Å²) in [4.78, 5) is 27.2. The third kappa shape index (κ3) is 2.18. The first-order valence-corrected chi connectivity index (χ1v) is 9.16. The Morgan fingerprint density at radius 3 is 2.38 bits per heavy atom. The van der Waals surface area contributed by atoms with Crippen molar-refractivity contribution in [3.05, 3.63) is 47.3 Å². The van der Waals surface area contributed by atoms with Crippen LogP contribution in [0.5, 0.6) is 0 Å². The van der Waals surface area contributed by atoms with E-state index in [4.69, 9.17) is 4.74 Å². The van der Waals surface area contributed by atoms with Crippen molar-refractivity contribution < 1.29 is 14.3 Å². The molecule has 4 heterocycles. The first-order chi connectivity index (χ1) is 12.5. The van der Waals surface area contributed by atoms with Crippen LogP contribution in [0.15, 0.2) is 30.3 Å². The Kier molecular flexibility index (Phi) is 3.34. The second-order valence-corrected chi connectivity index (χ2v) is 7.61. The summed E-state index contributed by atoms with van der Waals surface area (Å²) in [5.74, 6) is -0.784. The van der Waals surface area contributed by atoms with E-state index in [-0.39, 0.29) is 35.9 Å². The van der Waals surface area contributed by atoms with Gasteiger partial charge in [-0.15, -0.1) is 0 Å². The standard InChI is InChI=1S/C20H21N3O3/c1-11-8-12(2)22(21-11)10-13-4-3-5-14(9-13)23-19(24)17-15-6-7-16(26-15)18(17)20(23)25/h3-5,8-9,15-18H,6-7,10H2,1-2H3/t15-,16-,17-,18-/m1/s1. The predicted molar refractivity (Wildman–Crippen MR) is 94.6 cm³/mol. The lowest BCUT2D eigenvalue weighted by atomic mass is 9.81. The highest BCUT2D eigenvalue weighted by molar-refractivity contribution is 6.22. The van der Waals surface area contributed by atoms with Crippen LogP contribution >= 0.6 is 0 Å². The lowest BCUT2D eigenvalue weighted by Crippen LogP contribution is -2.34. The van der Waals surface area contributed by atoms with E-state index in [1.807, 2.05) is 48.9 Å². The molecule has 2 bridgehead atoms. The molecular weight excluding hydrogens is 330 g/mol. The van der Waals surface area contributed by atoms with Crippen molar-refractivity contribution in [3.63, 3.8) is 0 Å². The van der Waals surface area contributed by atoms with Crippen LogP contribution < -0.4 is 4.90 Å². The number of anilines is 1. The molecule has 26 heavy (non-hydrogen) atoms. The van der Waals surface area contributed by atoms with E-state index < -0.39 is 0 Å². The number of amides is 2. The van der Waals surface area contributed by atoms with Gasteiger partial charge in [0, 0.05) is 5.69 Å². The largest absolute Gasteiger partial charge is 0.373 e. The molecule has 5 rings (SSSR count). The van der Waals surface area contributed by atoms with Crippen molar-refractivity contribution in [3.8, 4) is 0 Å². The number of imide groups is 1. The summed E-state index contributed by atoms with van der Waals surface area (Å²) in [6.07, 6.45) is 1.61. The number of ether oxygens (including phenoxy) is 1. The van der Waals surface area contributed by atoms with E-state index in [2.05, 4.69) is 5.10 Å². The molecule has 2 amide bonds. The lowest BCUT2D eigenvalue weighted by molar-refractivity contribution is -0.124. The van der Waals surface area contributed by atoms with Crippen LogP contribution in [0.4, 0.5) is 5.69 Å². The summed E-state index contributed by atoms with van der Waals surface area (Å²) in [6, 6.07) is 9.70. The average Bonchev–Trinajstić information content (AvgIpc) is 3.34. The Morgan fingerprint density at radius 2 is 1.77 bits per heavy atom. The Hall–Kier alpha value is -2.47. The quantitative estimate of drug-likeness (QED) is 0.796. The minimum absolute atomic E-state index is 0.0793. The maximum Gasteiger partial charge on any atom is 0.240 e. The van der Waals surface area contributed by atoms with Crippen LogP contribution in [0.25, 0.3) is 0 Å². The van der Waals surface area contributed by atoms with E-state index in [1.165, 1.54) is 4.90 Å². The van der Waals surface area contributed by atoms with E-state index in [0.29, 0.717) is 12.2 Å². The van der Waals surface area contributed by atoms with E-state index >= 15 is 0 Å². The van der Waals surface area contributed by atoms with Crippen molar-refractivity contribution in [1.82, 2.24) is 9.78 Å². The number of benzene rings is 1. The molecule has 0 spiro atoms. The number of nitrogens with zero attached hydrogens (tertiary/aromatic N) is 3. The number of hydrogen-bond acceptors (Lipinski definition) is 4. The fourth-order valence-corrected chi connectivity index (χ4v) is 4.77. The topological polar surface area (TPSA) is 64.4 Å². The van der Waals surface area contributed by atoms with E-state index in [1.54, 1.807) is 0 Å². The molecule has 0 aliphatic carbocycles. The molecule has 1 aromatic carbocycles. The number of hydrogen-bond donors (Lipinski definition) is 0. The van der Waals surface area contributed by atoms with Gasteiger partial charge in [0.15, 0.2) is 0 Å². The molecule has 0 unspecified atom stereocenters. The van der Waals surface area contributed by atoms with Gasteiger partial charge >= 0.3 is 0 Å². The molecular formula is C20H21N3O3. The molecule has 3 saturated heterocycles. The van der Waals surface area contributed by atoms with E-state index in [0.717, 1.165) is 29.8 Å². The smallest absolute Gasteiger partial charge is 0.240 e. The van der Waals surface area contributed by atoms with Gasteiger partial charge in [-0.3, -0.25) is 14.3 Å². The zero-order valence-electron chi connectivity index (χ0n) is 14.9. The number of aromatic nitrogens is 2.